The van der Waals surface area contributed by atoms with E-state index in [1.807, 2.05) is 6.07 Å². The molecule has 0 N–H and O–H groups in total. The van der Waals surface area contributed by atoms with Gasteiger partial charge in [0.15, 0.2) is 0 Å². The van der Waals surface area contributed by atoms with Gasteiger partial charge in [0, 0.05) is 16.6 Å². The molecule has 2 nitrogen and oxygen atoms in total. The van der Waals surface area contributed by atoms with Crippen molar-refractivity contribution in [3.05, 3.63) is 200 Å². The summed E-state index contributed by atoms with van der Waals surface area (Å²) in [5, 5.41) is 7.10. The summed E-state index contributed by atoms with van der Waals surface area (Å²) in [5.41, 5.74) is 12.0. The van der Waals surface area contributed by atoms with Gasteiger partial charge >= 0.3 is 0 Å². The molecule has 52 heavy (non-hydrogen) atoms. The highest BCUT2D eigenvalue weighted by atomic mass is 16.3. The van der Waals surface area contributed by atoms with E-state index in [4.69, 9.17) is 4.42 Å². The Morgan fingerprint density at radius 2 is 0.923 bits per heavy atom. The second-order valence-electron chi connectivity index (χ2n) is 13.3. The lowest BCUT2D eigenvalue weighted by Gasteiger charge is -2.30. The molecule has 0 saturated carbocycles. The normalized spacial score (nSPS) is 11.5. The summed E-state index contributed by atoms with van der Waals surface area (Å²) >= 11 is 0. The number of para-hydroxylation sites is 1. The van der Waals surface area contributed by atoms with Gasteiger partial charge in [-0.1, -0.05) is 164 Å². The molecule has 1 aromatic heterocycles. The van der Waals surface area contributed by atoms with E-state index in [0.717, 1.165) is 44.6 Å². The van der Waals surface area contributed by atoms with Crippen molar-refractivity contribution >= 4 is 60.5 Å². The third kappa shape index (κ3) is 4.96. The molecule has 0 aliphatic rings. The summed E-state index contributed by atoms with van der Waals surface area (Å²) in [7, 11) is 0. The van der Waals surface area contributed by atoms with E-state index in [1.54, 1.807) is 0 Å². The molecule has 9 aromatic carbocycles. The number of benzene rings is 9. The zero-order valence-corrected chi connectivity index (χ0v) is 28.4. The molecule has 244 valence electrons. The number of hydrogen-bond acceptors (Lipinski definition) is 2. The fourth-order valence-corrected chi connectivity index (χ4v) is 7.93. The van der Waals surface area contributed by atoms with Gasteiger partial charge in [-0.2, -0.15) is 0 Å². The number of rotatable bonds is 6. The molecule has 0 amide bonds. The van der Waals surface area contributed by atoms with Crippen molar-refractivity contribution in [3.8, 4) is 33.4 Å². The first-order chi connectivity index (χ1) is 25.8. The first-order valence-electron chi connectivity index (χ1n) is 17.8. The molecule has 10 rings (SSSR count). The number of anilines is 3. The average molecular weight is 664 g/mol. The lowest BCUT2D eigenvalue weighted by atomic mass is 9.87. The Labute approximate surface area is 302 Å². The molecule has 1 heterocycles. The highest BCUT2D eigenvalue weighted by Gasteiger charge is 2.25. The number of hydrogen-bond donors (Lipinski definition) is 0. The van der Waals surface area contributed by atoms with E-state index >= 15 is 0 Å². The zero-order chi connectivity index (χ0) is 34.4. The molecule has 0 unspecified atom stereocenters. The quantitative estimate of drug-likeness (QED) is 0.165. The highest BCUT2D eigenvalue weighted by molar-refractivity contribution is 6.15. The van der Waals surface area contributed by atoms with Crippen molar-refractivity contribution in [1.82, 2.24) is 0 Å². The summed E-state index contributed by atoms with van der Waals surface area (Å²) < 4.78 is 6.49. The fraction of sp³-hybridized carbons (Fsp3) is 0. The van der Waals surface area contributed by atoms with Gasteiger partial charge in [-0.3, -0.25) is 0 Å². The molecule has 0 radical (unpaired) electrons. The first-order valence-corrected chi connectivity index (χ1v) is 17.8. The minimum atomic E-state index is 0.862. The van der Waals surface area contributed by atoms with E-state index in [0.29, 0.717) is 0 Å². The van der Waals surface area contributed by atoms with Crippen LogP contribution in [-0.4, -0.2) is 0 Å². The van der Waals surface area contributed by atoms with Crippen LogP contribution in [0.2, 0.25) is 0 Å². The predicted molar refractivity (Wildman–Crippen MR) is 220 cm³/mol. The van der Waals surface area contributed by atoms with Crippen molar-refractivity contribution in [2.75, 3.05) is 4.90 Å². The van der Waals surface area contributed by atoms with Gasteiger partial charge in [0.2, 0.25) is 0 Å². The zero-order valence-electron chi connectivity index (χ0n) is 28.4. The van der Waals surface area contributed by atoms with Crippen LogP contribution in [-0.2, 0) is 0 Å². The SMILES string of the molecule is c1ccc(-c2ccccc2-c2c(-c3ccccc3)cccc2N(c2ccc3c(ccc4ccccc43)c2)c2cccc3oc4ccccc4c23)cc1. The predicted octanol–water partition coefficient (Wildman–Crippen LogP) is 14.4. The lowest BCUT2D eigenvalue weighted by Crippen LogP contribution is -2.12. The van der Waals surface area contributed by atoms with E-state index in [9.17, 15) is 0 Å². The molecule has 0 aliphatic carbocycles. The Morgan fingerprint density at radius 1 is 0.346 bits per heavy atom. The van der Waals surface area contributed by atoms with Gasteiger partial charge in [0.1, 0.15) is 11.2 Å². The molecule has 0 aliphatic heterocycles. The van der Waals surface area contributed by atoms with Gasteiger partial charge in [-0.15, -0.1) is 0 Å². The molecular formula is C50H33NO. The Balaban J connectivity index is 1.33. The van der Waals surface area contributed by atoms with E-state index in [-0.39, 0.29) is 0 Å². The molecule has 2 heteroatoms. The van der Waals surface area contributed by atoms with Crippen molar-refractivity contribution in [3.63, 3.8) is 0 Å². The summed E-state index contributed by atoms with van der Waals surface area (Å²) in [5.74, 6) is 0. The first kappa shape index (κ1) is 30.0. The lowest BCUT2D eigenvalue weighted by molar-refractivity contribution is 0.669. The number of fused-ring (bicyclic) bond motifs is 6. The van der Waals surface area contributed by atoms with Crippen LogP contribution in [0.5, 0.6) is 0 Å². The van der Waals surface area contributed by atoms with E-state index < -0.39 is 0 Å². The van der Waals surface area contributed by atoms with Gasteiger partial charge in [-0.25, -0.2) is 0 Å². The van der Waals surface area contributed by atoms with Crippen molar-refractivity contribution in [2.45, 2.75) is 0 Å². The van der Waals surface area contributed by atoms with Crippen LogP contribution >= 0.6 is 0 Å². The Bertz CT molecular complexity index is 2910. The third-order valence-corrected chi connectivity index (χ3v) is 10.3. The topological polar surface area (TPSA) is 16.4 Å². The summed E-state index contributed by atoms with van der Waals surface area (Å²) in [4.78, 5) is 2.45. The minimum Gasteiger partial charge on any atom is -0.456 e. The maximum absolute atomic E-state index is 6.49. The second kappa shape index (κ2) is 12.5. The van der Waals surface area contributed by atoms with Crippen LogP contribution in [0.1, 0.15) is 0 Å². The van der Waals surface area contributed by atoms with Crippen LogP contribution in [0.4, 0.5) is 17.1 Å². The summed E-state index contributed by atoms with van der Waals surface area (Å²) in [6, 6.07) is 71.8. The van der Waals surface area contributed by atoms with E-state index in [1.165, 1.54) is 49.4 Å². The van der Waals surface area contributed by atoms with Gasteiger partial charge in [0.25, 0.3) is 0 Å². The monoisotopic (exact) mass is 663 g/mol. The van der Waals surface area contributed by atoms with Crippen LogP contribution in [0.15, 0.2) is 205 Å². The number of furan rings is 1. The Hall–Kier alpha value is -6.90. The highest BCUT2D eigenvalue weighted by Crippen LogP contribution is 2.50. The van der Waals surface area contributed by atoms with E-state index in [2.05, 4.69) is 199 Å². The average Bonchev–Trinajstić information content (AvgIpc) is 3.61. The molecule has 0 saturated heterocycles. The van der Waals surface area contributed by atoms with Gasteiger partial charge < -0.3 is 9.32 Å². The van der Waals surface area contributed by atoms with Crippen LogP contribution in [0, 0.1) is 0 Å². The van der Waals surface area contributed by atoms with Gasteiger partial charge in [0.05, 0.1) is 16.8 Å². The van der Waals surface area contributed by atoms with Crippen molar-refractivity contribution < 1.29 is 4.42 Å². The van der Waals surface area contributed by atoms with Gasteiger partial charge in [-0.05, 0) is 85.8 Å². The maximum atomic E-state index is 6.49. The summed E-state index contributed by atoms with van der Waals surface area (Å²) in [6.07, 6.45) is 0. The molecule has 0 spiro atoms. The largest absolute Gasteiger partial charge is 0.456 e. The van der Waals surface area contributed by atoms with Crippen molar-refractivity contribution in [2.24, 2.45) is 0 Å². The summed E-state index contributed by atoms with van der Waals surface area (Å²) in [6.45, 7) is 0. The standard InChI is InChI=1S/C50H33NO/c1-3-15-34(16-4-1)40-21-9-10-22-43(40)49-42(35-17-5-2-6-18-35)24-13-25-45(49)51(46-26-14-28-48-50(46)44-23-11-12-27-47(44)52-48)38-31-32-41-37(33-38)30-29-36-19-7-8-20-39(36)41/h1-33H. The molecule has 0 bridgehead atoms. The van der Waals surface area contributed by atoms with Crippen molar-refractivity contribution in [1.29, 1.82) is 0 Å². The molecular weight excluding hydrogens is 631 g/mol. The minimum absolute atomic E-state index is 0.862. The third-order valence-electron chi connectivity index (χ3n) is 10.3. The second-order valence-corrected chi connectivity index (χ2v) is 13.3. The van der Waals surface area contributed by atoms with Crippen LogP contribution in [0.25, 0.3) is 76.9 Å². The Morgan fingerprint density at radius 3 is 1.75 bits per heavy atom. The van der Waals surface area contributed by atoms with Crippen LogP contribution in [0.3, 0.4) is 0 Å². The molecule has 0 fully saturated rings. The number of nitrogens with zero attached hydrogens (tertiary/aromatic N) is 1. The molecule has 0 atom stereocenters. The molecule has 10 aromatic rings. The van der Waals surface area contributed by atoms with Crippen LogP contribution < -0.4 is 4.90 Å². The fourth-order valence-electron chi connectivity index (χ4n) is 7.93. The maximum Gasteiger partial charge on any atom is 0.137 e. The Kier molecular flexibility index (Phi) is 7.18. The smallest absolute Gasteiger partial charge is 0.137 e.